The molecule has 3 aromatic rings. The van der Waals surface area contributed by atoms with Gasteiger partial charge < -0.3 is 10.0 Å². The number of nitrogens with zero attached hydrogens (tertiary/aromatic N) is 1. The molecule has 3 radical (unpaired) electrons. The molecule has 0 aromatic heterocycles. The van der Waals surface area contributed by atoms with Gasteiger partial charge in [0.15, 0.2) is 0 Å². The number of likely N-dealkylation sites (N-methyl/N-ethyl adjacent to an activating group) is 1. The first-order chi connectivity index (χ1) is 13.2. The number of carbonyl (C=O) groups is 1. The Bertz CT molecular complexity index is 807. The molecule has 3 aromatic carbocycles. The van der Waals surface area contributed by atoms with Crippen LogP contribution in [-0.4, -0.2) is 44.1 Å². The van der Waals surface area contributed by atoms with Crippen LogP contribution in [0.4, 0.5) is 0 Å². The van der Waals surface area contributed by atoms with Crippen LogP contribution in [0, 0.1) is 0 Å². The smallest absolute Gasteiger partial charge is 0.227 e. The highest BCUT2D eigenvalue weighted by Crippen LogP contribution is 2.34. The summed E-state index contributed by atoms with van der Waals surface area (Å²) in [6.45, 7) is -0.0964. The molecule has 0 spiro atoms. The molecule has 0 aliphatic heterocycles. The van der Waals surface area contributed by atoms with E-state index in [-0.39, 0.29) is 27.0 Å². The van der Waals surface area contributed by atoms with Gasteiger partial charge in [-0.15, -0.1) is 0 Å². The van der Waals surface area contributed by atoms with Crippen LogP contribution in [0.15, 0.2) is 91.0 Å². The highest BCUT2D eigenvalue weighted by molar-refractivity contribution is 7.73. The van der Waals surface area contributed by atoms with Crippen molar-refractivity contribution in [3.05, 3.63) is 96.6 Å². The average Bonchev–Trinajstić information content (AvgIpc) is 2.74. The van der Waals surface area contributed by atoms with Gasteiger partial charge in [0, 0.05) is 15.5 Å². The van der Waals surface area contributed by atoms with E-state index in [2.05, 4.69) is 24.3 Å². The van der Waals surface area contributed by atoms with Crippen LogP contribution < -0.4 is 10.6 Å². The fourth-order valence-electron chi connectivity index (χ4n) is 3.09. The number of hydrogen-bond donors (Lipinski definition) is 1. The monoisotopic (exact) mass is 388 g/mol. The molecule has 0 bridgehead atoms. The lowest BCUT2D eigenvalue weighted by Crippen LogP contribution is -2.36. The number of rotatable bonds is 7. The normalized spacial score (nSPS) is 11.5. The van der Waals surface area contributed by atoms with Crippen molar-refractivity contribution in [3.63, 3.8) is 0 Å². The number of amides is 1. The van der Waals surface area contributed by atoms with Crippen LogP contribution in [0.25, 0.3) is 0 Å². The van der Waals surface area contributed by atoms with E-state index in [1.807, 2.05) is 66.7 Å². The quantitative estimate of drug-likeness (QED) is 0.500. The van der Waals surface area contributed by atoms with E-state index in [4.69, 9.17) is 0 Å². The summed E-state index contributed by atoms with van der Waals surface area (Å²) >= 11 is 0. The SMILES string of the molecule is CN(C(=O)CP(c1ccccc1)c1ccccc1)[C@@H](CO)c1ccccc1.[B]. The van der Waals surface area contributed by atoms with Gasteiger partial charge in [-0.3, -0.25) is 4.79 Å². The topological polar surface area (TPSA) is 40.5 Å². The van der Waals surface area contributed by atoms with E-state index in [9.17, 15) is 9.90 Å². The maximum Gasteiger partial charge on any atom is 0.227 e. The predicted octanol–water partition coefficient (Wildman–Crippen LogP) is 2.93. The molecule has 0 saturated carbocycles. The minimum absolute atomic E-state index is 0. The van der Waals surface area contributed by atoms with Gasteiger partial charge in [-0.2, -0.15) is 0 Å². The van der Waals surface area contributed by atoms with Crippen molar-refractivity contribution in [2.45, 2.75) is 6.04 Å². The zero-order chi connectivity index (χ0) is 19.1. The third-order valence-electron chi connectivity index (χ3n) is 4.65. The lowest BCUT2D eigenvalue weighted by Gasteiger charge is -2.29. The van der Waals surface area contributed by atoms with Gasteiger partial charge in [0.05, 0.1) is 18.8 Å². The molecule has 3 nitrogen and oxygen atoms in total. The van der Waals surface area contributed by atoms with Gasteiger partial charge in [0.1, 0.15) is 0 Å². The summed E-state index contributed by atoms with van der Waals surface area (Å²) in [5, 5.41) is 12.2. The Morgan fingerprint density at radius 1 is 0.857 bits per heavy atom. The molecule has 5 heteroatoms. The van der Waals surface area contributed by atoms with Crippen molar-refractivity contribution in [3.8, 4) is 0 Å². The van der Waals surface area contributed by atoms with Crippen molar-refractivity contribution < 1.29 is 9.90 Å². The second-order valence-corrected chi connectivity index (χ2v) is 8.58. The molecule has 0 saturated heterocycles. The van der Waals surface area contributed by atoms with Crippen molar-refractivity contribution in [1.29, 1.82) is 0 Å². The molecular weight excluding hydrogens is 364 g/mol. The first kappa shape index (κ1) is 21.9. The summed E-state index contributed by atoms with van der Waals surface area (Å²) in [6, 6.07) is 29.8. The van der Waals surface area contributed by atoms with Crippen LogP contribution in [0.3, 0.4) is 0 Å². The van der Waals surface area contributed by atoms with E-state index in [1.165, 1.54) is 10.6 Å². The average molecular weight is 388 g/mol. The lowest BCUT2D eigenvalue weighted by atomic mass is 10.1. The van der Waals surface area contributed by atoms with E-state index in [1.54, 1.807) is 11.9 Å². The van der Waals surface area contributed by atoms with Crippen molar-refractivity contribution in [1.82, 2.24) is 4.90 Å². The van der Waals surface area contributed by atoms with Gasteiger partial charge in [-0.05, 0) is 24.1 Å². The van der Waals surface area contributed by atoms with Gasteiger partial charge in [-0.25, -0.2) is 0 Å². The molecule has 0 heterocycles. The standard InChI is InChI=1S/C23H24NO2P.B/c1-24(22(17-25)19-11-5-2-6-12-19)23(26)18-27(20-13-7-3-8-14-20)21-15-9-4-10-16-21;/h2-16,22,25H,17-18H2,1H3;/t22-;/m0./s1. The molecule has 1 N–H and O–H groups in total. The van der Waals surface area contributed by atoms with Crippen LogP contribution in [0.1, 0.15) is 11.6 Å². The summed E-state index contributed by atoms with van der Waals surface area (Å²) in [4.78, 5) is 14.8. The van der Waals surface area contributed by atoms with E-state index < -0.39 is 7.92 Å². The maximum absolute atomic E-state index is 13.1. The largest absolute Gasteiger partial charge is 0.394 e. The van der Waals surface area contributed by atoms with Gasteiger partial charge >= 0.3 is 0 Å². The van der Waals surface area contributed by atoms with Crippen LogP contribution in [0.2, 0.25) is 0 Å². The van der Waals surface area contributed by atoms with E-state index in [0.29, 0.717) is 6.16 Å². The van der Waals surface area contributed by atoms with Crippen molar-refractivity contribution in [2.24, 2.45) is 0 Å². The fraction of sp³-hybridized carbons (Fsp3) is 0.174. The first-order valence-corrected chi connectivity index (χ1v) is 10.5. The summed E-state index contributed by atoms with van der Waals surface area (Å²) in [6.07, 6.45) is 0.420. The molecule has 141 valence electrons. The molecule has 1 atom stereocenters. The number of benzene rings is 3. The molecule has 28 heavy (non-hydrogen) atoms. The molecule has 1 amide bonds. The lowest BCUT2D eigenvalue weighted by molar-refractivity contribution is -0.130. The predicted molar refractivity (Wildman–Crippen MR) is 119 cm³/mol. The Morgan fingerprint density at radius 2 is 1.29 bits per heavy atom. The van der Waals surface area contributed by atoms with Crippen LogP contribution in [-0.2, 0) is 4.79 Å². The fourth-order valence-corrected chi connectivity index (χ4v) is 5.32. The zero-order valence-corrected chi connectivity index (χ0v) is 16.9. The number of carbonyl (C=O) groups excluding carboxylic acids is 1. The molecule has 0 unspecified atom stereocenters. The van der Waals surface area contributed by atoms with Crippen LogP contribution >= 0.6 is 7.92 Å². The second-order valence-electron chi connectivity index (χ2n) is 6.37. The third-order valence-corrected chi connectivity index (χ3v) is 7.08. The van der Waals surface area contributed by atoms with Crippen LogP contribution in [0.5, 0.6) is 0 Å². The summed E-state index contributed by atoms with van der Waals surface area (Å²) in [5.41, 5.74) is 0.944. The Morgan fingerprint density at radius 3 is 1.71 bits per heavy atom. The third kappa shape index (κ3) is 5.31. The highest BCUT2D eigenvalue weighted by Gasteiger charge is 2.25. The molecule has 0 aliphatic rings. The summed E-state index contributed by atoms with van der Waals surface area (Å²) in [7, 11) is 0.983. The number of aliphatic hydroxyl groups is 1. The maximum atomic E-state index is 13.1. The number of aliphatic hydroxyl groups excluding tert-OH is 1. The van der Waals surface area contributed by atoms with Crippen molar-refractivity contribution >= 4 is 32.9 Å². The second kappa shape index (κ2) is 10.8. The van der Waals surface area contributed by atoms with Gasteiger partial charge in [0.2, 0.25) is 5.91 Å². The Balaban J connectivity index is 0.00000280. The van der Waals surface area contributed by atoms with Gasteiger partial charge in [0.25, 0.3) is 0 Å². The Hall–Kier alpha value is -2.42. The van der Waals surface area contributed by atoms with Gasteiger partial charge in [-0.1, -0.05) is 91.0 Å². The van der Waals surface area contributed by atoms with E-state index in [0.717, 1.165) is 5.56 Å². The first-order valence-electron chi connectivity index (χ1n) is 9.00. The molecule has 0 aliphatic carbocycles. The van der Waals surface area contributed by atoms with Crippen molar-refractivity contribution in [2.75, 3.05) is 19.8 Å². The molecule has 3 rings (SSSR count). The highest BCUT2D eigenvalue weighted by atomic mass is 31.1. The minimum atomic E-state index is -0.794. The summed E-state index contributed by atoms with van der Waals surface area (Å²) < 4.78 is 0. The minimum Gasteiger partial charge on any atom is -0.394 e. The molecular formula is C23H24BNO2P. The number of hydrogen-bond acceptors (Lipinski definition) is 2. The Labute approximate surface area is 170 Å². The summed E-state index contributed by atoms with van der Waals surface area (Å²) in [5.74, 6) is 0.0386. The zero-order valence-electron chi connectivity index (χ0n) is 16.0. The van der Waals surface area contributed by atoms with E-state index >= 15 is 0 Å². The molecule has 0 fully saturated rings. The Kier molecular flexibility index (Phi) is 8.44.